The number of rotatable bonds is 3. The first-order valence-corrected chi connectivity index (χ1v) is 4.13. The number of halogens is 2. The summed E-state index contributed by atoms with van der Waals surface area (Å²) in [5, 5.41) is 0. The van der Waals surface area contributed by atoms with Crippen molar-refractivity contribution in [1.29, 1.82) is 0 Å². The molecule has 15 heavy (non-hydrogen) atoms. The Morgan fingerprint density at radius 2 is 1.80 bits per heavy atom. The number of ketones is 1. The molecule has 0 aliphatic carbocycles. The van der Waals surface area contributed by atoms with E-state index < -0.39 is 35.6 Å². The van der Waals surface area contributed by atoms with Crippen LogP contribution in [0.4, 0.5) is 8.78 Å². The highest BCUT2D eigenvalue weighted by Gasteiger charge is 2.18. The number of hydrogen-bond acceptors (Lipinski definition) is 3. The van der Waals surface area contributed by atoms with E-state index in [9.17, 15) is 18.4 Å². The Labute approximate surface area is 84.7 Å². The lowest BCUT2D eigenvalue weighted by atomic mass is 10.2. The first kappa shape index (κ1) is 11.3. The lowest BCUT2D eigenvalue weighted by Gasteiger charge is -2.04. The van der Waals surface area contributed by atoms with Crippen LogP contribution in [0.3, 0.4) is 0 Å². The Morgan fingerprint density at radius 3 is 2.27 bits per heavy atom. The van der Waals surface area contributed by atoms with Crippen LogP contribution in [0.25, 0.3) is 0 Å². The van der Waals surface area contributed by atoms with Gasteiger partial charge in [-0.15, -0.1) is 0 Å². The van der Waals surface area contributed by atoms with E-state index in [1.165, 1.54) is 6.92 Å². The lowest BCUT2D eigenvalue weighted by molar-refractivity contribution is -0.120. The molecule has 1 rings (SSSR count). The molecule has 0 spiro atoms. The molecule has 0 fully saturated rings. The highest BCUT2D eigenvalue weighted by Crippen LogP contribution is 2.13. The van der Waals surface area contributed by atoms with Gasteiger partial charge in [0.05, 0.1) is 0 Å². The van der Waals surface area contributed by atoms with Crippen molar-refractivity contribution in [2.24, 2.45) is 0 Å². The third-order valence-corrected chi connectivity index (χ3v) is 1.57. The van der Waals surface area contributed by atoms with Crippen molar-refractivity contribution < 1.29 is 23.1 Å². The van der Waals surface area contributed by atoms with E-state index in [0.29, 0.717) is 0 Å². The highest BCUT2D eigenvalue weighted by atomic mass is 19.1. The Bertz CT molecular complexity index is 381. The molecule has 0 saturated heterocycles. The minimum Gasteiger partial charge on any atom is -0.454 e. The molecular formula is C10H8F2O3. The molecule has 0 aliphatic rings. The summed E-state index contributed by atoms with van der Waals surface area (Å²) in [6.07, 6.45) is 0. The molecule has 0 radical (unpaired) electrons. The Balaban J connectivity index is 2.86. The van der Waals surface area contributed by atoms with Crippen molar-refractivity contribution in [3.63, 3.8) is 0 Å². The first-order valence-electron chi connectivity index (χ1n) is 4.13. The molecule has 0 N–H and O–H groups in total. The third kappa shape index (κ3) is 2.83. The van der Waals surface area contributed by atoms with E-state index in [4.69, 9.17) is 0 Å². The molecule has 0 unspecified atom stereocenters. The van der Waals surface area contributed by atoms with E-state index in [2.05, 4.69) is 4.74 Å². The standard InChI is InChI=1S/C10H8F2O3/c1-6(13)5-15-10(14)9-7(11)3-2-4-8(9)12/h2-4H,5H2,1H3. The van der Waals surface area contributed by atoms with Crippen LogP contribution in [-0.4, -0.2) is 18.4 Å². The molecule has 1 aromatic carbocycles. The van der Waals surface area contributed by atoms with Gasteiger partial charge in [-0.3, -0.25) is 4.79 Å². The summed E-state index contributed by atoms with van der Waals surface area (Å²) < 4.78 is 30.4. The van der Waals surface area contributed by atoms with Gasteiger partial charge >= 0.3 is 5.97 Å². The van der Waals surface area contributed by atoms with Gasteiger partial charge in [-0.2, -0.15) is 0 Å². The summed E-state index contributed by atoms with van der Waals surface area (Å²) in [6, 6.07) is 3.01. The number of esters is 1. The Hall–Kier alpha value is -1.78. The van der Waals surface area contributed by atoms with E-state index in [0.717, 1.165) is 18.2 Å². The van der Waals surface area contributed by atoms with Crippen LogP contribution < -0.4 is 0 Å². The fourth-order valence-electron chi connectivity index (χ4n) is 0.932. The van der Waals surface area contributed by atoms with Gasteiger partial charge in [0.1, 0.15) is 23.8 Å². The summed E-state index contributed by atoms with van der Waals surface area (Å²) in [7, 11) is 0. The average molecular weight is 214 g/mol. The number of carbonyl (C=O) groups excluding carboxylic acids is 2. The van der Waals surface area contributed by atoms with Gasteiger partial charge in [0.25, 0.3) is 0 Å². The summed E-state index contributed by atoms with van der Waals surface area (Å²) in [4.78, 5) is 21.6. The van der Waals surface area contributed by atoms with Gasteiger partial charge in [-0.05, 0) is 19.1 Å². The Morgan fingerprint density at radius 1 is 1.27 bits per heavy atom. The van der Waals surface area contributed by atoms with Gasteiger partial charge in [0, 0.05) is 0 Å². The van der Waals surface area contributed by atoms with Crippen LogP contribution in [0.1, 0.15) is 17.3 Å². The molecule has 0 aliphatic heterocycles. The Kier molecular flexibility index (Phi) is 3.49. The summed E-state index contributed by atoms with van der Waals surface area (Å²) >= 11 is 0. The second-order valence-electron chi connectivity index (χ2n) is 2.87. The molecule has 80 valence electrons. The number of carbonyl (C=O) groups is 2. The predicted octanol–water partition coefficient (Wildman–Crippen LogP) is 1.71. The predicted molar refractivity (Wildman–Crippen MR) is 47.3 cm³/mol. The summed E-state index contributed by atoms with van der Waals surface area (Å²) in [5.41, 5.74) is -0.779. The normalized spacial score (nSPS) is 9.80. The molecule has 0 atom stereocenters. The van der Waals surface area contributed by atoms with Gasteiger partial charge in [-0.25, -0.2) is 13.6 Å². The quantitative estimate of drug-likeness (QED) is 0.719. The summed E-state index contributed by atoms with van der Waals surface area (Å²) in [5.74, 6) is -3.60. The average Bonchev–Trinajstić information content (AvgIpc) is 2.14. The van der Waals surface area contributed by atoms with Crippen LogP contribution in [0, 0.1) is 11.6 Å². The number of Topliss-reactive ketones (excluding diaryl/α,β-unsaturated/α-hetero) is 1. The molecule has 3 nitrogen and oxygen atoms in total. The molecule has 0 bridgehead atoms. The number of hydrogen-bond donors (Lipinski definition) is 0. The topological polar surface area (TPSA) is 43.4 Å². The largest absolute Gasteiger partial charge is 0.454 e. The van der Waals surface area contributed by atoms with Crippen LogP contribution in [-0.2, 0) is 9.53 Å². The van der Waals surface area contributed by atoms with E-state index >= 15 is 0 Å². The van der Waals surface area contributed by atoms with Crippen molar-refractivity contribution in [2.45, 2.75) is 6.92 Å². The van der Waals surface area contributed by atoms with Crippen molar-refractivity contribution >= 4 is 11.8 Å². The van der Waals surface area contributed by atoms with Gasteiger partial charge in [0.2, 0.25) is 0 Å². The SMILES string of the molecule is CC(=O)COC(=O)c1c(F)cccc1F. The second-order valence-corrected chi connectivity index (χ2v) is 2.87. The molecule has 5 heteroatoms. The highest BCUT2D eigenvalue weighted by molar-refractivity contribution is 5.91. The molecule has 0 saturated carbocycles. The third-order valence-electron chi connectivity index (χ3n) is 1.57. The maximum atomic E-state index is 13.0. The fraction of sp³-hybridized carbons (Fsp3) is 0.200. The molecule has 0 aromatic heterocycles. The number of ether oxygens (including phenoxy) is 1. The smallest absolute Gasteiger partial charge is 0.344 e. The monoisotopic (exact) mass is 214 g/mol. The van der Waals surface area contributed by atoms with Crippen molar-refractivity contribution in [1.82, 2.24) is 0 Å². The zero-order valence-corrected chi connectivity index (χ0v) is 7.92. The summed E-state index contributed by atoms with van der Waals surface area (Å²) in [6.45, 7) is 0.706. The van der Waals surface area contributed by atoms with Crippen molar-refractivity contribution in [2.75, 3.05) is 6.61 Å². The second kappa shape index (κ2) is 4.63. The minimum absolute atomic E-state index is 0.403. The van der Waals surface area contributed by atoms with Crippen LogP contribution in [0.5, 0.6) is 0 Å². The van der Waals surface area contributed by atoms with Crippen LogP contribution in [0.15, 0.2) is 18.2 Å². The maximum Gasteiger partial charge on any atom is 0.344 e. The van der Waals surface area contributed by atoms with Crippen molar-refractivity contribution in [3.8, 4) is 0 Å². The molecular weight excluding hydrogens is 206 g/mol. The lowest BCUT2D eigenvalue weighted by Crippen LogP contribution is -2.14. The minimum atomic E-state index is -1.18. The van der Waals surface area contributed by atoms with E-state index in [1.807, 2.05) is 0 Å². The first-order chi connectivity index (χ1) is 7.02. The number of benzene rings is 1. The molecule has 1 aromatic rings. The van der Waals surface area contributed by atoms with E-state index in [1.54, 1.807) is 0 Å². The van der Waals surface area contributed by atoms with Crippen LogP contribution in [0.2, 0.25) is 0 Å². The zero-order valence-electron chi connectivity index (χ0n) is 7.92. The molecule has 0 amide bonds. The van der Waals surface area contributed by atoms with Crippen molar-refractivity contribution in [3.05, 3.63) is 35.4 Å². The maximum absolute atomic E-state index is 13.0. The van der Waals surface area contributed by atoms with Gasteiger partial charge in [0.15, 0.2) is 5.78 Å². The van der Waals surface area contributed by atoms with Gasteiger partial charge < -0.3 is 4.74 Å². The zero-order chi connectivity index (χ0) is 11.4. The molecule has 0 heterocycles. The van der Waals surface area contributed by atoms with Crippen LogP contribution >= 0.6 is 0 Å². The fourth-order valence-corrected chi connectivity index (χ4v) is 0.932. The van der Waals surface area contributed by atoms with Gasteiger partial charge in [-0.1, -0.05) is 6.07 Å². The van der Waals surface area contributed by atoms with E-state index in [-0.39, 0.29) is 0 Å².